The fraction of sp³-hybridized carbons (Fsp3) is 0.304. The Balaban J connectivity index is 2.13. The number of ether oxygens (including phenoxy) is 1. The predicted octanol–water partition coefficient (Wildman–Crippen LogP) is 4.01. The van der Waals surface area contributed by atoms with Crippen LogP contribution in [0.3, 0.4) is 0 Å². The molecule has 2 N–H and O–H groups in total. The van der Waals surface area contributed by atoms with Crippen LogP contribution < -0.4 is 4.74 Å². The van der Waals surface area contributed by atoms with Crippen molar-refractivity contribution in [2.45, 2.75) is 32.2 Å². The Morgan fingerprint density at radius 1 is 1.10 bits per heavy atom. The molecule has 0 radical (unpaired) electrons. The quantitative estimate of drug-likeness (QED) is 0.320. The Bertz CT molecular complexity index is 950. The summed E-state index contributed by atoms with van der Waals surface area (Å²) in [6, 6.07) is 12.4. The molecule has 0 aliphatic carbocycles. The standard InChI is InChI=1S/C23H25NO5/c1-3-4-5-12-24-20(15-8-6-10-17(25)13-15)19(22(27)23(24)28)21(26)16-9-7-11-18(14-16)29-2/h6-11,13-14,20,25-26H,3-5,12H2,1-2H3/b21-19-. The van der Waals surface area contributed by atoms with Crippen molar-refractivity contribution >= 4 is 17.4 Å². The number of Topliss-reactive ketones (excluding diaryl/α,β-unsaturated/α-hetero) is 1. The third-order valence-corrected chi connectivity index (χ3v) is 5.07. The number of methoxy groups -OCH3 is 1. The summed E-state index contributed by atoms with van der Waals surface area (Å²) in [7, 11) is 1.51. The number of rotatable bonds is 7. The van der Waals surface area contributed by atoms with Crippen LogP contribution in [-0.4, -0.2) is 40.5 Å². The molecule has 3 rings (SSSR count). The highest BCUT2D eigenvalue weighted by Gasteiger charge is 2.45. The maximum atomic E-state index is 12.9. The van der Waals surface area contributed by atoms with Gasteiger partial charge in [0.05, 0.1) is 18.7 Å². The van der Waals surface area contributed by atoms with E-state index in [0.29, 0.717) is 23.4 Å². The van der Waals surface area contributed by atoms with E-state index < -0.39 is 17.7 Å². The number of phenols is 1. The fourth-order valence-electron chi connectivity index (χ4n) is 3.61. The normalized spacial score (nSPS) is 18.3. The number of amides is 1. The van der Waals surface area contributed by atoms with Crippen LogP contribution in [-0.2, 0) is 9.59 Å². The Labute approximate surface area is 170 Å². The van der Waals surface area contributed by atoms with Crippen molar-refractivity contribution in [3.63, 3.8) is 0 Å². The molecule has 1 heterocycles. The minimum Gasteiger partial charge on any atom is -0.508 e. The molecule has 1 fully saturated rings. The lowest BCUT2D eigenvalue weighted by Crippen LogP contribution is -2.30. The first-order valence-corrected chi connectivity index (χ1v) is 9.69. The number of hydrogen-bond acceptors (Lipinski definition) is 5. The minimum atomic E-state index is -0.759. The fourth-order valence-corrected chi connectivity index (χ4v) is 3.61. The number of nitrogens with zero attached hydrogens (tertiary/aromatic N) is 1. The van der Waals surface area contributed by atoms with Crippen molar-refractivity contribution in [2.75, 3.05) is 13.7 Å². The summed E-state index contributed by atoms with van der Waals surface area (Å²) in [5.41, 5.74) is 0.983. The largest absolute Gasteiger partial charge is 0.508 e. The summed E-state index contributed by atoms with van der Waals surface area (Å²) < 4.78 is 5.20. The number of aliphatic hydroxyl groups excluding tert-OH is 1. The van der Waals surface area contributed by atoms with Crippen LogP contribution in [0.25, 0.3) is 5.76 Å². The number of benzene rings is 2. The topological polar surface area (TPSA) is 87.1 Å². The molecular weight excluding hydrogens is 370 g/mol. The van der Waals surface area contributed by atoms with Gasteiger partial charge in [-0.25, -0.2) is 0 Å². The summed E-state index contributed by atoms with van der Waals surface area (Å²) >= 11 is 0. The van der Waals surface area contributed by atoms with Gasteiger partial charge in [0, 0.05) is 12.1 Å². The van der Waals surface area contributed by atoms with Crippen LogP contribution in [0.2, 0.25) is 0 Å². The highest BCUT2D eigenvalue weighted by atomic mass is 16.5. The zero-order valence-corrected chi connectivity index (χ0v) is 16.6. The van der Waals surface area contributed by atoms with E-state index in [4.69, 9.17) is 4.74 Å². The molecule has 1 aliphatic rings. The molecule has 1 unspecified atom stereocenters. The summed E-state index contributed by atoms with van der Waals surface area (Å²) in [4.78, 5) is 27.1. The smallest absolute Gasteiger partial charge is 0.295 e. The molecule has 0 aromatic heterocycles. The average molecular weight is 395 g/mol. The van der Waals surface area contributed by atoms with Gasteiger partial charge < -0.3 is 19.8 Å². The maximum absolute atomic E-state index is 12.9. The third kappa shape index (κ3) is 4.11. The number of likely N-dealkylation sites (tertiary alicyclic amines) is 1. The molecule has 29 heavy (non-hydrogen) atoms. The molecule has 1 atom stereocenters. The Hall–Kier alpha value is -3.28. The van der Waals surface area contributed by atoms with Gasteiger partial charge in [0.15, 0.2) is 0 Å². The zero-order valence-electron chi connectivity index (χ0n) is 16.6. The number of hydrogen-bond donors (Lipinski definition) is 2. The maximum Gasteiger partial charge on any atom is 0.295 e. The lowest BCUT2D eigenvalue weighted by atomic mass is 9.95. The molecule has 2 aromatic rings. The second-order valence-electron chi connectivity index (χ2n) is 7.03. The molecule has 2 aromatic carbocycles. The van der Waals surface area contributed by atoms with Crippen LogP contribution in [0.5, 0.6) is 11.5 Å². The van der Waals surface area contributed by atoms with E-state index >= 15 is 0 Å². The zero-order chi connectivity index (χ0) is 21.0. The van der Waals surface area contributed by atoms with Gasteiger partial charge in [-0.15, -0.1) is 0 Å². The number of ketones is 1. The molecule has 0 saturated carbocycles. The van der Waals surface area contributed by atoms with Crippen LogP contribution in [0.4, 0.5) is 0 Å². The van der Waals surface area contributed by atoms with E-state index in [0.717, 1.165) is 19.3 Å². The van der Waals surface area contributed by atoms with E-state index in [-0.39, 0.29) is 17.1 Å². The predicted molar refractivity (Wildman–Crippen MR) is 110 cm³/mol. The average Bonchev–Trinajstić information content (AvgIpc) is 2.98. The monoisotopic (exact) mass is 395 g/mol. The van der Waals surface area contributed by atoms with Crippen LogP contribution in [0.15, 0.2) is 54.1 Å². The molecule has 6 heteroatoms. The minimum absolute atomic E-state index is 0.0188. The second kappa shape index (κ2) is 8.82. The van der Waals surface area contributed by atoms with E-state index in [1.165, 1.54) is 24.1 Å². The summed E-state index contributed by atoms with van der Waals surface area (Å²) in [6.07, 6.45) is 2.65. The van der Waals surface area contributed by atoms with Crippen LogP contribution >= 0.6 is 0 Å². The molecule has 1 saturated heterocycles. The lowest BCUT2D eigenvalue weighted by molar-refractivity contribution is -0.139. The van der Waals surface area contributed by atoms with Crippen molar-refractivity contribution in [3.05, 3.63) is 65.2 Å². The van der Waals surface area contributed by atoms with Crippen molar-refractivity contribution < 1.29 is 24.5 Å². The van der Waals surface area contributed by atoms with E-state index in [2.05, 4.69) is 6.92 Å². The summed E-state index contributed by atoms with van der Waals surface area (Å²) in [5, 5.41) is 20.9. The number of unbranched alkanes of at least 4 members (excludes halogenated alkanes) is 2. The van der Waals surface area contributed by atoms with Crippen LogP contribution in [0, 0.1) is 0 Å². The molecule has 1 amide bonds. The van der Waals surface area contributed by atoms with Gasteiger partial charge in [-0.05, 0) is 36.2 Å². The van der Waals surface area contributed by atoms with Gasteiger partial charge in [0.1, 0.15) is 17.3 Å². The number of aromatic hydroxyl groups is 1. The van der Waals surface area contributed by atoms with Gasteiger partial charge in [0.25, 0.3) is 11.7 Å². The van der Waals surface area contributed by atoms with Gasteiger partial charge >= 0.3 is 0 Å². The van der Waals surface area contributed by atoms with Gasteiger partial charge in [-0.1, -0.05) is 44.0 Å². The summed E-state index contributed by atoms with van der Waals surface area (Å²) in [5.74, 6) is -1.06. The number of aliphatic hydroxyl groups is 1. The lowest BCUT2D eigenvalue weighted by Gasteiger charge is -2.25. The molecular formula is C23H25NO5. The van der Waals surface area contributed by atoms with Gasteiger partial charge in [-0.2, -0.15) is 0 Å². The first kappa shape index (κ1) is 20.5. The van der Waals surface area contributed by atoms with Crippen LogP contribution in [0.1, 0.15) is 43.4 Å². The number of phenolic OH excluding ortho intramolecular Hbond substituents is 1. The second-order valence-corrected chi connectivity index (χ2v) is 7.03. The Kier molecular flexibility index (Phi) is 6.22. The van der Waals surface area contributed by atoms with Gasteiger partial charge in [-0.3, -0.25) is 9.59 Å². The molecule has 1 aliphatic heterocycles. The first-order valence-electron chi connectivity index (χ1n) is 9.69. The molecule has 152 valence electrons. The van der Waals surface area contributed by atoms with Gasteiger partial charge in [0.2, 0.25) is 0 Å². The highest BCUT2D eigenvalue weighted by Crippen LogP contribution is 2.40. The molecule has 0 spiro atoms. The highest BCUT2D eigenvalue weighted by molar-refractivity contribution is 6.46. The Morgan fingerprint density at radius 2 is 1.86 bits per heavy atom. The van der Waals surface area contributed by atoms with Crippen molar-refractivity contribution in [2.24, 2.45) is 0 Å². The van der Waals surface area contributed by atoms with E-state index in [9.17, 15) is 19.8 Å². The molecule has 6 nitrogen and oxygen atoms in total. The number of carbonyl (C=O) groups is 2. The third-order valence-electron chi connectivity index (χ3n) is 5.07. The first-order chi connectivity index (χ1) is 14.0. The Morgan fingerprint density at radius 3 is 2.55 bits per heavy atom. The molecule has 0 bridgehead atoms. The summed E-state index contributed by atoms with van der Waals surface area (Å²) in [6.45, 7) is 2.46. The number of carbonyl (C=O) groups excluding carboxylic acids is 2. The van der Waals surface area contributed by atoms with E-state index in [1.54, 1.807) is 36.4 Å². The van der Waals surface area contributed by atoms with Crippen molar-refractivity contribution in [1.82, 2.24) is 4.90 Å². The van der Waals surface area contributed by atoms with Crippen molar-refractivity contribution in [3.8, 4) is 11.5 Å². The van der Waals surface area contributed by atoms with Crippen molar-refractivity contribution in [1.29, 1.82) is 0 Å². The SMILES string of the molecule is CCCCCN1C(=O)C(=O)/C(=C(\O)c2cccc(OC)c2)C1c1cccc(O)c1. The van der Waals surface area contributed by atoms with E-state index in [1.807, 2.05) is 0 Å².